The second-order valence-corrected chi connectivity index (χ2v) is 20.1. The zero-order valence-electron chi connectivity index (χ0n) is 38.9. The predicted octanol–water partition coefficient (Wildman–Crippen LogP) is 7.13. The van der Waals surface area contributed by atoms with Gasteiger partial charge >= 0.3 is 11.4 Å². The molecule has 16 nitrogen and oxygen atoms in total. The van der Waals surface area contributed by atoms with Crippen LogP contribution in [0.1, 0.15) is 110 Å². The molecule has 1 unspecified atom stereocenters. The summed E-state index contributed by atoms with van der Waals surface area (Å²) in [6, 6.07) is 14.3. The summed E-state index contributed by atoms with van der Waals surface area (Å²) in [5.41, 5.74) is 2.98. The van der Waals surface area contributed by atoms with E-state index in [2.05, 4.69) is 59.5 Å². The van der Waals surface area contributed by atoms with Crippen molar-refractivity contribution < 1.29 is 22.8 Å². The molecule has 8 aromatic rings. The first-order chi connectivity index (χ1) is 32.5. The molecule has 3 aliphatic heterocycles. The third kappa shape index (κ3) is 6.01. The molecule has 0 bridgehead atoms. The van der Waals surface area contributed by atoms with Crippen molar-refractivity contribution in [2.24, 2.45) is 13.0 Å². The molecule has 1 amide bonds. The fourth-order valence-electron chi connectivity index (χ4n) is 11.9. The summed E-state index contributed by atoms with van der Waals surface area (Å²) in [6.45, 7) is 12.9. The van der Waals surface area contributed by atoms with Crippen LogP contribution < -0.4 is 16.8 Å². The number of benzene rings is 3. The first-order valence-electron chi connectivity index (χ1n) is 23.2. The van der Waals surface area contributed by atoms with E-state index in [0.717, 1.165) is 29.3 Å². The van der Waals surface area contributed by atoms with Crippen LogP contribution in [0.25, 0.3) is 39.0 Å². The first-order valence-corrected chi connectivity index (χ1v) is 23.2. The van der Waals surface area contributed by atoms with Gasteiger partial charge in [0.05, 0.1) is 45.8 Å². The number of hydrogen-bond acceptors (Lipinski definition) is 9. The number of rotatable bonds is 7. The molecule has 1 spiro atoms. The lowest BCUT2D eigenvalue weighted by atomic mass is 9.82. The van der Waals surface area contributed by atoms with Crippen LogP contribution >= 0.6 is 0 Å². The average molecular weight is 924 g/mol. The molecule has 5 atom stereocenters. The normalized spacial score (nSPS) is 24.2. The van der Waals surface area contributed by atoms with E-state index in [1.54, 1.807) is 60.7 Å². The highest BCUT2D eigenvalue weighted by molar-refractivity contribution is 6.00. The van der Waals surface area contributed by atoms with E-state index in [0.29, 0.717) is 83.3 Å². The molecule has 68 heavy (non-hydrogen) atoms. The number of halogens is 2. The molecule has 4 aliphatic rings. The molecule has 0 radical (unpaired) electrons. The summed E-state index contributed by atoms with van der Waals surface area (Å²) in [5, 5.41) is 18.4. The van der Waals surface area contributed by atoms with Gasteiger partial charge in [-0.15, -0.1) is 0 Å². The second-order valence-electron chi connectivity index (χ2n) is 20.1. The van der Waals surface area contributed by atoms with Crippen LogP contribution in [0.4, 0.5) is 8.78 Å². The van der Waals surface area contributed by atoms with Crippen LogP contribution in [0.2, 0.25) is 0 Å². The summed E-state index contributed by atoms with van der Waals surface area (Å²) in [4.78, 5) is 48.2. The molecule has 2 N–H and O–H groups in total. The van der Waals surface area contributed by atoms with Crippen LogP contribution in [0.5, 0.6) is 0 Å². The van der Waals surface area contributed by atoms with Crippen molar-refractivity contribution in [3.8, 4) is 17.2 Å². The summed E-state index contributed by atoms with van der Waals surface area (Å²) in [5.74, 6) is -0.976. The van der Waals surface area contributed by atoms with Gasteiger partial charge in [-0.1, -0.05) is 18.1 Å². The number of imidazole rings is 1. The van der Waals surface area contributed by atoms with Crippen LogP contribution in [0.15, 0.2) is 81.2 Å². The molecule has 1 aliphatic carbocycles. The maximum Gasteiger partial charge on any atom is 0.438 e. The molecule has 12 rings (SSSR count). The number of hydrogen-bond donors (Lipinski definition) is 2. The van der Waals surface area contributed by atoms with Gasteiger partial charge in [0.15, 0.2) is 11.6 Å². The highest BCUT2D eigenvalue weighted by Crippen LogP contribution is 2.56. The molecule has 18 heteroatoms. The lowest BCUT2D eigenvalue weighted by Crippen LogP contribution is -2.72. The lowest BCUT2D eigenvalue weighted by Gasteiger charge is -2.55. The molecule has 5 aromatic heterocycles. The van der Waals surface area contributed by atoms with Crippen molar-refractivity contribution in [2.75, 3.05) is 13.2 Å². The topological polar surface area (TPSA) is 168 Å². The van der Waals surface area contributed by atoms with Gasteiger partial charge < -0.3 is 14.2 Å². The number of nitrogens with one attached hydrogen (secondary N) is 2. The number of carbonyl (C=O) groups excluding carboxylic acids is 1. The first kappa shape index (κ1) is 42.4. The Kier molecular flexibility index (Phi) is 9.08. The van der Waals surface area contributed by atoms with Crippen molar-refractivity contribution in [3.05, 3.63) is 139 Å². The van der Waals surface area contributed by atoms with E-state index < -0.39 is 34.5 Å². The molecule has 350 valence electrons. The predicted molar refractivity (Wildman–Crippen MR) is 248 cm³/mol. The summed E-state index contributed by atoms with van der Waals surface area (Å²) < 4.78 is 50.6. The number of ether oxygens (including phenoxy) is 1. The van der Waals surface area contributed by atoms with Gasteiger partial charge in [-0.05, 0) is 131 Å². The minimum Gasteiger partial charge on any atom is -0.376 e. The highest BCUT2D eigenvalue weighted by Gasteiger charge is 2.60. The van der Waals surface area contributed by atoms with E-state index in [1.807, 2.05) is 22.5 Å². The number of carbonyl (C=O) groups is 1. The number of aryl methyl sites for hydroxylation is 3. The number of aromatic nitrogens is 9. The van der Waals surface area contributed by atoms with E-state index >= 15 is 13.6 Å². The smallest absolute Gasteiger partial charge is 0.376 e. The molecular weight excluding hydrogens is 873 g/mol. The van der Waals surface area contributed by atoms with Gasteiger partial charge in [-0.25, -0.2) is 23.1 Å². The molecule has 1 saturated carbocycles. The zero-order chi connectivity index (χ0) is 47.3. The molecule has 8 heterocycles. The molecule has 3 aromatic carbocycles. The molecular formula is C50H51F2N11O5. The fraction of sp³-hybridized carbons (Fsp3) is 0.400. The Morgan fingerprint density at radius 3 is 2.35 bits per heavy atom. The van der Waals surface area contributed by atoms with Crippen LogP contribution in [0.3, 0.4) is 0 Å². The minimum atomic E-state index is -0.885. The summed E-state index contributed by atoms with van der Waals surface area (Å²) in [6.07, 6.45) is 7.75. The van der Waals surface area contributed by atoms with Crippen LogP contribution in [0, 0.1) is 31.4 Å². The third-order valence-electron chi connectivity index (χ3n) is 15.4. The monoisotopic (exact) mass is 923 g/mol. The maximum atomic E-state index is 16.3. The maximum absolute atomic E-state index is 16.3. The highest BCUT2D eigenvalue weighted by atomic mass is 19.1. The Balaban J connectivity index is 1.04. The minimum absolute atomic E-state index is 0.0189. The standard InChI is InChI=1S/C50H51F2N11O5/c1-26-18-33(19-27(2)41(26)51)63-43(60-16-15-59(47(60)66)38-11-10-37-34(42(38)52)25-54-58(37)7)40-29(4)61(49(13-14-53-49)24-35(40)56-63)44(64)39-21-32-20-30(31-12-17-67-48(5,6)23-31)8-9-36(32)62(39)50(22-28(50)3)45-55-46(65)68-57-45/h8-11,15-16,18-21,25,28-29,31,53H,12-14,17,22-24H2,1-7H3,(H,55,57,65)/t28-,29-,31-,49?,50-/m0/s1. The quantitative estimate of drug-likeness (QED) is 0.169. The van der Waals surface area contributed by atoms with Gasteiger partial charge in [-0.3, -0.25) is 33.4 Å². The van der Waals surface area contributed by atoms with Crippen LogP contribution in [-0.2, 0) is 23.7 Å². The van der Waals surface area contributed by atoms with Crippen molar-refractivity contribution in [2.45, 2.75) is 102 Å². The number of fused-ring (bicyclic) bond motifs is 3. The Morgan fingerprint density at radius 2 is 1.68 bits per heavy atom. The molecule has 3 fully saturated rings. The number of amides is 1. The summed E-state index contributed by atoms with van der Waals surface area (Å²) in [7, 11) is 1.72. The van der Waals surface area contributed by atoms with E-state index in [9.17, 15) is 9.59 Å². The average Bonchev–Trinajstić information content (AvgIpc) is 3.92. The Morgan fingerprint density at radius 1 is 0.941 bits per heavy atom. The second kappa shape index (κ2) is 14.5. The Hall–Kier alpha value is -6.92. The van der Waals surface area contributed by atoms with Crippen molar-refractivity contribution in [1.82, 2.24) is 53.6 Å². The number of nitrogens with zero attached hydrogens (tertiary/aromatic N) is 9. The van der Waals surface area contributed by atoms with E-state index in [4.69, 9.17) is 14.4 Å². The van der Waals surface area contributed by atoms with Gasteiger partial charge in [0, 0.05) is 55.5 Å². The third-order valence-corrected chi connectivity index (χ3v) is 15.4. The van der Waals surface area contributed by atoms with Crippen LogP contribution in [-0.4, -0.2) is 78.6 Å². The van der Waals surface area contributed by atoms with E-state index in [1.165, 1.54) is 21.5 Å². The van der Waals surface area contributed by atoms with Gasteiger partial charge in [0.25, 0.3) is 5.91 Å². The van der Waals surface area contributed by atoms with Gasteiger partial charge in [-0.2, -0.15) is 10.2 Å². The Labute approximate surface area is 388 Å². The van der Waals surface area contributed by atoms with E-state index in [-0.39, 0.29) is 40.2 Å². The Bertz CT molecular complexity index is 3520. The van der Waals surface area contributed by atoms with Gasteiger partial charge in [0.1, 0.15) is 28.5 Å². The SMILES string of the molecule is Cc1cc(-n2nc3c(c2-n2ccn(-c4ccc5c(cnn5C)c4F)c2=O)[C@H](C)N(C(=O)c2cc4cc([C@H]5CCOC(C)(C)C5)ccc4n2[C@@]2(c4noc(=O)[nH]4)C[C@@H]2C)C2(CCN2)C3)cc(C)c1F. The van der Waals surface area contributed by atoms with Crippen molar-refractivity contribution in [3.63, 3.8) is 0 Å². The summed E-state index contributed by atoms with van der Waals surface area (Å²) >= 11 is 0. The van der Waals surface area contributed by atoms with Crippen molar-refractivity contribution >= 4 is 27.7 Å². The molecule has 2 saturated heterocycles. The number of H-pyrrole nitrogens is 1. The number of aromatic amines is 1. The largest absolute Gasteiger partial charge is 0.438 e. The zero-order valence-corrected chi connectivity index (χ0v) is 38.9. The lowest BCUT2D eigenvalue weighted by molar-refractivity contribution is -0.0592. The van der Waals surface area contributed by atoms with Crippen molar-refractivity contribution in [1.29, 1.82) is 0 Å². The van der Waals surface area contributed by atoms with Gasteiger partial charge in [0.2, 0.25) is 0 Å². The fourth-order valence-corrected chi connectivity index (χ4v) is 11.9.